The van der Waals surface area contributed by atoms with Gasteiger partial charge < -0.3 is 38.3 Å². The number of benzene rings is 1. The normalized spacial score (nSPS) is 28.0. The zero-order valence-corrected chi connectivity index (χ0v) is 22.5. The van der Waals surface area contributed by atoms with Gasteiger partial charge in [-0.1, -0.05) is 19.1 Å². The van der Waals surface area contributed by atoms with E-state index in [1.807, 2.05) is 19.1 Å². The van der Waals surface area contributed by atoms with E-state index in [0.29, 0.717) is 51.2 Å². The van der Waals surface area contributed by atoms with E-state index in [1.54, 1.807) is 40.0 Å². The summed E-state index contributed by atoms with van der Waals surface area (Å²) >= 11 is 0. The van der Waals surface area contributed by atoms with Crippen LogP contribution in [-0.4, -0.2) is 51.9 Å². The molecule has 9 heteroatoms. The van der Waals surface area contributed by atoms with E-state index in [9.17, 15) is 9.90 Å². The molecular weight excluding hydrogens is 480 g/mol. The van der Waals surface area contributed by atoms with Gasteiger partial charge in [0.05, 0.1) is 34.4 Å². The average Bonchev–Trinajstić information content (AvgIpc) is 3.36. The lowest BCUT2D eigenvalue weighted by molar-refractivity contribution is -0.164. The second-order valence-electron chi connectivity index (χ2n) is 9.33. The second kappa shape index (κ2) is 10.0. The van der Waals surface area contributed by atoms with Crippen LogP contribution in [0.3, 0.4) is 0 Å². The number of ether oxygens (including phenoxy) is 7. The Morgan fingerprint density at radius 3 is 2.41 bits per heavy atom. The first-order chi connectivity index (χ1) is 17.6. The van der Waals surface area contributed by atoms with Crippen molar-refractivity contribution in [1.29, 1.82) is 0 Å². The van der Waals surface area contributed by atoms with Crippen LogP contribution in [0.5, 0.6) is 17.2 Å². The van der Waals surface area contributed by atoms with Crippen molar-refractivity contribution in [3.05, 3.63) is 63.8 Å². The number of fused-ring (bicyclic) bond motifs is 4. The number of aliphatic hydroxyl groups is 1. The topological polar surface area (TPSA) is 102 Å². The van der Waals surface area contributed by atoms with Crippen LogP contribution in [0, 0.1) is 5.92 Å². The number of rotatable bonds is 6. The number of methoxy groups -OCH3 is 4. The van der Waals surface area contributed by atoms with Crippen LogP contribution in [-0.2, 0) is 23.7 Å². The van der Waals surface area contributed by atoms with E-state index in [-0.39, 0.29) is 6.79 Å². The lowest BCUT2D eigenvalue weighted by atomic mass is 9.71. The molecular formula is C28H34O9. The Morgan fingerprint density at radius 1 is 1.11 bits per heavy atom. The fourth-order valence-corrected chi connectivity index (χ4v) is 4.98. The monoisotopic (exact) mass is 514 g/mol. The van der Waals surface area contributed by atoms with E-state index in [2.05, 4.69) is 0 Å². The third-order valence-corrected chi connectivity index (χ3v) is 7.33. The largest absolute Gasteiger partial charge is 0.496 e. The maximum atomic E-state index is 13.0. The standard InChI is InChI=1S/C28H34O9/c1-9-14(2)27(29)37-26-17-12-18(31-5)22(32-6)25(34-8)21(17)20-16(10-15(3)28(26,4)30)11-19-23(24(20)33-7)36-13-35-19/h9-12,15,20,26,30H,13H2,1-8H3/b14-9-,16-10-/t15-,20-,26-,28-/m0/s1. The van der Waals surface area contributed by atoms with Crippen molar-refractivity contribution in [2.75, 3.05) is 35.2 Å². The molecule has 0 unspecified atom stereocenters. The second-order valence-corrected chi connectivity index (χ2v) is 9.33. The molecule has 1 aromatic rings. The maximum Gasteiger partial charge on any atom is 0.334 e. The summed E-state index contributed by atoms with van der Waals surface area (Å²) in [7, 11) is 6.10. The fourth-order valence-electron chi connectivity index (χ4n) is 4.98. The summed E-state index contributed by atoms with van der Waals surface area (Å²) in [5.74, 6) is 1.03. The summed E-state index contributed by atoms with van der Waals surface area (Å²) in [5, 5.41) is 11.9. The van der Waals surface area contributed by atoms with Crippen LogP contribution >= 0.6 is 0 Å². The highest BCUT2D eigenvalue weighted by molar-refractivity contribution is 5.88. The highest BCUT2D eigenvalue weighted by Gasteiger charge is 2.49. The van der Waals surface area contributed by atoms with Crippen molar-refractivity contribution in [2.45, 2.75) is 45.3 Å². The average molecular weight is 515 g/mol. The van der Waals surface area contributed by atoms with Crippen LogP contribution in [0.25, 0.3) is 0 Å². The van der Waals surface area contributed by atoms with Crippen molar-refractivity contribution < 1.29 is 43.1 Å². The molecule has 0 aromatic heterocycles. The van der Waals surface area contributed by atoms with E-state index >= 15 is 0 Å². The first-order valence-corrected chi connectivity index (χ1v) is 12.0. The van der Waals surface area contributed by atoms with Crippen molar-refractivity contribution in [2.24, 2.45) is 5.92 Å². The smallest absolute Gasteiger partial charge is 0.334 e. The van der Waals surface area contributed by atoms with Gasteiger partial charge in [-0.3, -0.25) is 0 Å². The van der Waals surface area contributed by atoms with Gasteiger partial charge in [0.2, 0.25) is 18.3 Å². The number of carbonyl (C=O) groups is 1. The van der Waals surface area contributed by atoms with Crippen LogP contribution in [0.2, 0.25) is 0 Å². The molecule has 1 fully saturated rings. The minimum Gasteiger partial charge on any atom is -0.496 e. The molecule has 1 heterocycles. The molecule has 200 valence electrons. The predicted octanol–water partition coefficient (Wildman–Crippen LogP) is 4.43. The number of hydrogen-bond donors (Lipinski definition) is 1. The summed E-state index contributed by atoms with van der Waals surface area (Å²) in [4.78, 5) is 13.0. The van der Waals surface area contributed by atoms with E-state index < -0.39 is 29.5 Å². The first kappa shape index (κ1) is 26.5. The third-order valence-electron chi connectivity index (χ3n) is 7.33. The molecule has 0 bridgehead atoms. The van der Waals surface area contributed by atoms with Crippen molar-refractivity contribution in [3.8, 4) is 17.2 Å². The molecule has 4 rings (SSSR count). The Hall–Kier alpha value is -3.59. The van der Waals surface area contributed by atoms with Gasteiger partial charge in [-0.15, -0.1) is 0 Å². The van der Waals surface area contributed by atoms with Gasteiger partial charge >= 0.3 is 5.97 Å². The minimum absolute atomic E-state index is 0.0556. The van der Waals surface area contributed by atoms with Gasteiger partial charge in [0, 0.05) is 22.6 Å². The van der Waals surface area contributed by atoms with Crippen molar-refractivity contribution >= 4 is 5.97 Å². The van der Waals surface area contributed by atoms with Crippen molar-refractivity contribution in [3.63, 3.8) is 0 Å². The number of allylic oxidation sites excluding steroid dienone is 3. The number of carbonyl (C=O) groups excluding carboxylic acids is 1. The van der Waals surface area contributed by atoms with E-state index in [0.717, 1.165) is 5.57 Å². The minimum atomic E-state index is -1.52. The third kappa shape index (κ3) is 4.21. The van der Waals surface area contributed by atoms with Gasteiger partial charge in [0.1, 0.15) is 5.60 Å². The van der Waals surface area contributed by atoms with Crippen LogP contribution in [0.1, 0.15) is 50.8 Å². The van der Waals surface area contributed by atoms with Gasteiger partial charge in [-0.25, -0.2) is 4.79 Å². The quantitative estimate of drug-likeness (QED) is 0.436. The molecule has 1 saturated heterocycles. The fraction of sp³-hybridized carbons (Fsp3) is 0.464. The summed E-state index contributed by atoms with van der Waals surface area (Å²) < 4.78 is 40.6. The molecule has 1 aromatic carbocycles. The Balaban J connectivity index is 2.12. The summed E-state index contributed by atoms with van der Waals surface area (Å²) in [6, 6.07) is 1.72. The highest BCUT2D eigenvalue weighted by atomic mass is 16.7. The lowest BCUT2D eigenvalue weighted by Gasteiger charge is -2.41. The summed E-state index contributed by atoms with van der Waals surface area (Å²) in [5.41, 5.74) is 0.769. The number of hydrogen-bond acceptors (Lipinski definition) is 9. The Morgan fingerprint density at radius 2 is 1.81 bits per heavy atom. The molecule has 37 heavy (non-hydrogen) atoms. The molecule has 2 aliphatic carbocycles. The van der Waals surface area contributed by atoms with Gasteiger partial charge in [0.25, 0.3) is 0 Å². The van der Waals surface area contributed by atoms with E-state index in [1.165, 1.54) is 21.3 Å². The Bertz CT molecular complexity index is 1220. The SMILES string of the molecule is C/C=C(/C)C(=O)O[C@H]1c2cc(OC)c(OC)c(OC)c2[C@H]2C(OC)=C3OCOC3=C/C2=C/[C@H](C)[C@]1(C)O. The summed E-state index contributed by atoms with van der Waals surface area (Å²) in [6.45, 7) is 6.99. The van der Waals surface area contributed by atoms with Crippen LogP contribution in [0.15, 0.2) is 52.7 Å². The zero-order valence-electron chi connectivity index (χ0n) is 22.5. The van der Waals surface area contributed by atoms with E-state index in [4.69, 9.17) is 33.2 Å². The molecule has 4 atom stereocenters. The molecule has 1 aliphatic heterocycles. The first-order valence-electron chi connectivity index (χ1n) is 12.0. The highest BCUT2D eigenvalue weighted by Crippen LogP contribution is 2.56. The molecule has 1 N–H and O–H groups in total. The molecule has 0 saturated carbocycles. The van der Waals surface area contributed by atoms with Gasteiger partial charge in [-0.2, -0.15) is 0 Å². The molecule has 0 spiro atoms. The van der Waals surface area contributed by atoms with Gasteiger partial charge in [0.15, 0.2) is 29.1 Å². The summed E-state index contributed by atoms with van der Waals surface area (Å²) in [6.07, 6.45) is 4.37. The number of esters is 1. The Labute approximate surface area is 216 Å². The maximum absolute atomic E-state index is 13.0. The molecule has 3 aliphatic rings. The van der Waals surface area contributed by atoms with Crippen LogP contribution < -0.4 is 14.2 Å². The predicted molar refractivity (Wildman–Crippen MR) is 134 cm³/mol. The lowest BCUT2D eigenvalue weighted by Crippen LogP contribution is -2.43. The molecule has 0 radical (unpaired) electrons. The van der Waals surface area contributed by atoms with Crippen molar-refractivity contribution in [1.82, 2.24) is 0 Å². The Kier molecular flexibility index (Phi) is 7.19. The van der Waals surface area contributed by atoms with Crippen LogP contribution in [0.4, 0.5) is 0 Å². The van der Waals surface area contributed by atoms with Gasteiger partial charge in [-0.05, 0) is 38.5 Å². The molecule has 9 nitrogen and oxygen atoms in total. The molecule has 0 amide bonds. The zero-order chi connectivity index (χ0) is 27.1.